The van der Waals surface area contributed by atoms with Crippen molar-refractivity contribution in [3.05, 3.63) is 29.8 Å². The van der Waals surface area contributed by atoms with Gasteiger partial charge in [-0.2, -0.15) is 0 Å². The first kappa shape index (κ1) is 13.0. The van der Waals surface area contributed by atoms with Gasteiger partial charge in [0.2, 0.25) is 0 Å². The maximum atomic E-state index is 3.88. The van der Waals surface area contributed by atoms with E-state index in [1.54, 1.807) is 0 Å². The van der Waals surface area contributed by atoms with Crippen LogP contribution >= 0.6 is 0 Å². The highest BCUT2D eigenvalue weighted by Crippen LogP contribution is 2.63. The van der Waals surface area contributed by atoms with E-state index < -0.39 is 0 Å². The molecule has 104 valence electrons. The third kappa shape index (κ3) is 1.98. The Kier molecular flexibility index (Phi) is 2.92. The Balaban J connectivity index is 1.86. The highest BCUT2D eigenvalue weighted by molar-refractivity contribution is 5.48. The maximum absolute atomic E-state index is 3.88. The lowest BCUT2D eigenvalue weighted by Crippen LogP contribution is -2.45. The molecule has 2 aliphatic rings. The quantitative estimate of drug-likeness (QED) is 0.814. The molecule has 1 aromatic rings. The second kappa shape index (κ2) is 4.26. The van der Waals surface area contributed by atoms with Crippen LogP contribution in [0.2, 0.25) is 0 Å². The zero-order valence-corrected chi connectivity index (χ0v) is 12.8. The van der Waals surface area contributed by atoms with Crippen molar-refractivity contribution in [1.29, 1.82) is 0 Å². The van der Waals surface area contributed by atoms with Gasteiger partial charge in [0.25, 0.3) is 0 Å². The molecule has 2 bridgehead atoms. The summed E-state index contributed by atoms with van der Waals surface area (Å²) in [5.41, 5.74) is 3.66. The molecule has 19 heavy (non-hydrogen) atoms. The van der Waals surface area contributed by atoms with Gasteiger partial charge in [-0.05, 0) is 60.1 Å². The van der Waals surface area contributed by atoms with Gasteiger partial charge in [-0.3, -0.25) is 0 Å². The lowest BCUT2D eigenvalue weighted by Gasteiger charge is -2.43. The van der Waals surface area contributed by atoms with Gasteiger partial charge >= 0.3 is 0 Å². The zero-order chi connectivity index (χ0) is 13.7. The number of fused-ring (bicyclic) bond motifs is 2. The third-order valence-corrected chi connectivity index (χ3v) is 5.92. The fraction of sp³-hybridized carbons (Fsp3) is 0.667. The molecule has 0 radical (unpaired) electrons. The Labute approximate surface area is 117 Å². The molecule has 0 spiro atoms. The topological polar surface area (TPSA) is 12.0 Å². The van der Waals surface area contributed by atoms with Gasteiger partial charge in [-0.25, -0.2) is 0 Å². The Hall–Kier alpha value is -0.980. The predicted octanol–water partition coefficient (Wildman–Crippen LogP) is 4.88. The minimum Gasteiger partial charge on any atom is -0.381 e. The van der Waals surface area contributed by atoms with Gasteiger partial charge in [0, 0.05) is 11.7 Å². The summed E-state index contributed by atoms with van der Waals surface area (Å²) in [4.78, 5) is 0. The molecule has 1 heteroatoms. The molecule has 3 rings (SSSR count). The van der Waals surface area contributed by atoms with E-state index in [-0.39, 0.29) is 0 Å². The van der Waals surface area contributed by atoms with E-state index in [1.165, 1.54) is 30.5 Å². The smallest absolute Gasteiger partial charge is 0.0368 e. The molecule has 0 heterocycles. The lowest BCUT2D eigenvalue weighted by molar-refractivity contribution is 0.155. The number of hydrogen-bond acceptors (Lipinski definition) is 1. The molecule has 1 nitrogen and oxygen atoms in total. The zero-order valence-electron chi connectivity index (χ0n) is 12.8. The standard InChI is InChI=1S/C18H27N/c1-5-13-7-6-8-15(11-13)19-16-17(2,3)14-9-10-18(16,4)12-14/h6-8,11,14,16,19H,5,9-10,12H2,1-4H3. The first-order valence-electron chi connectivity index (χ1n) is 7.81. The van der Waals surface area contributed by atoms with E-state index in [2.05, 4.69) is 57.3 Å². The van der Waals surface area contributed by atoms with E-state index in [0.29, 0.717) is 16.9 Å². The van der Waals surface area contributed by atoms with Crippen molar-refractivity contribution in [3.63, 3.8) is 0 Å². The Morgan fingerprint density at radius 1 is 1.26 bits per heavy atom. The van der Waals surface area contributed by atoms with Crippen LogP contribution in [0.3, 0.4) is 0 Å². The van der Waals surface area contributed by atoms with Crippen LogP contribution in [0.25, 0.3) is 0 Å². The molecule has 2 saturated carbocycles. The summed E-state index contributed by atoms with van der Waals surface area (Å²) in [5, 5.41) is 3.88. The molecule has 1 N–H and O–H groups in total. The third-order valence-electron chi connectivity index (χ3n) is 5.92. The van der Waals surface area contributed by atoms with E-state index in [9.17, 15) is 0 Å². The first-order chi connectivity index (χ1) is 8.95. The normalized spacial score (nSPS) is 35.6. The lowest BCUT2D eigenvalue weighted by atomic mass is 9.68. The summed E-state index contributed by atoms with van der Waals surface area (Å²) in [6.07, 6.45) is 5.34. The Morgan fingerprint density at radius 3 is 2.68 bits per heavy atom. The Bertz CT molecular complexity index is 472. The second-order valence-electron chi connectivity index (χ2n) is 7.55. The van der Waals surface area contributed by atoms with Crippen molar-refractivity contribution in [2.75, 3.05) is 5.32 Å². The maximum Gasteiger partial charge on any atom is 0.0368 e. The van der Waals surface area contributed by atoms with Crippen molar-refractivity contribution in [2.24, 2.45) is 16.7 Å². The van der Waals surface area contributed by atoms with E-state index in [0.717, 1.165) is 12.3 Å². The fourth-order valence-electron chi connectivity index (χ4n) is 4.71. The van der Waals surface area contributed by atoms with Gasteiger partial charge in [0.15, 0.2) is 0 Å². The van der Waals surface area contributed by atoms with Gasteiger partial charge in [-0.15, -0.1) is 0 Å². The van der Waals surface area contributed by atoms with Gasteiger partial charge < -0.3 is 5.32 Å². The molecule has 0 aliphatic heterocycles. The molecule has 3 atom stereocenters. The predicted molar refractivity (Wildman–Crippen MR) is 82.5 cm³/mol. The molecule has 0 amide bonds. The summed E-state index contributed by atoms with van der Waals surface area (Å²) in [6.45, 7) is 9.64. The van der Waals surface area contributed by atoms with Crippen molar-refractivity contribution in [3.8, 4) is 0 Å². The average Bonchev–Trinajstić information content (AvgIpc) is 2.86. The molecule has 2 aliphatic carbocycles. The van der Waals surface area contributed by atoms with Crippen LogP contribution in [0.5, 0.6) is 0 Å². The summed E-state index contributed by atoms with van der Waals surface area (Å²) < 4.78 is 0. The highest BCUT2D eigenvalue weighted by atomic mass is 15.0. The number of benzene rings is 1. The molecule has 1 aromatic carbocycles. The van der Waals surface area contributed by atoms with Crippen LogP contribution in [0.1, 0.15) is 52.5 Å². The molecular formula is C18H27N. The highest BCUT2D eigenvalue weighted by Gasteiger charge is 2.59. The van der Waals surface area contributed by atoms with Gasteiger partial charge in [0.05, 0.1) is 0 Å². The molecular weight excluding hydrogens is 230 g/mol. The van der Waals surface area contributed by atoms with Crippen molar-refractivity contribution in [2.45, 2.75) is 59.4 Å². The van der Waals surface area contributed by atoms with Crippen molar-refractivity contribution >= 4 is 5.69 Å². The summed E-state index contributed by atoms with van der Waals surface area (Å²) in [5.74, 6) is 0.907. The van der Waals surface area contributed by atoms with E-state index >= 15 is 0 Å². The largest absolute Gasteiger partial charge is 0.381 e. The molecule has 0 aromatic heterocycles. The van der Waals surface area contributed by atoms with E-state index in [4.69, 9.17) is 0 Å². The van der Waals surface area contributed by atoms with Crippen LogP contribution in [0, 0.1) is 16.7 Å². The minimum absolute atomic E-state index is 0.426. The van der Waals surface area contributed by atoms with Crippen LogP contribution < -0.4 is 5.32 Å². The monoisotopic (exact) mass is 257 g/mol. The van der Waals surface area contributed by atoms with Gasteiger partial charge in [-0.1, -0.05) is 39.8 Å². The summed E-state index contributed by atoms with van der Waals surface area (Å²) in [6, 6.07) is 9.57. The number of anilines is 1. The fourth-order valence-corrected chi connectivity index (χ4v) is 4.71. The SMILES string of the molecule is CCc1cccc(NC2C3(C)CCC(C3)C2(C)C)c1. The van der Waals surface area contributed by atoms with Crippen molar-refractivity contribution in [1.82, 2.24) is 0 Å². The summed E-state index contributed by atoms with van der Waals surface area (Å²) in [7, 11) is 0. The first-order valence-corrected chi connectivity index (χ1v) is 7.81. The van der Waals surface area contributed by atoms with Crippen LogP contribution in [0.4, 0.5) is 5.69 Å². The van der Waals surface area contributed by atoms with Crippen molar-refractivity contribution < 1.29 is 0 Å². The summed E-state index contributed by atoms with van der Waals surface area (Å²) >= 11 is 0. The van der Waals surface area contributed by atoms with Crippen LogP contribution in [-0.2, 0) is 6.42 Å². The number of hydrogen-bond donors (Lipinski definition) is 1. The number of rotatable bonds is 3. The number of nitrogens with one attached hydrogen (secondary N) is 1. The molecule has 2 fully saturated rings. The average molecular weight is 257 g/mol. The molecule has 0 saturated heterocycles. The van der Waals surface area contributed by atoms with Crippen LogP contribution in [0.15, 0.2) is 24.3 Å². The van der Waals surface area contributed by atoms with Gasteiger partial charge in [0.1, 0.15) is 0 Å². The second-order valence-corrected chi connectivity index (χ2v) is 7.55. The van der Waals surface area contributed by atoms with E-state index in [1.807, 2.05) is 0 Å². The molecule has 3 unspecified atom stereocenters. The van der Waals surface area contributed by atoms with Crippen LogP contribution in [-0.4, -0.2) is 6.04 Å². The number of aryl methyl sites for hydroxylation is 1. The minimum atomic E-state index is 0.426. The Morgan fingerprint density at radius 2 is 2.05 bits per heavy atom.